The summed E-state index contributed by atoms with van der Waals surface area (Å²) in [5.74, 6) is -0.237. The lowest BCUT2D eigenvalue weighted by molar-refractivity contribution is -0.122. The average molecular weight is 431 g/mol. The van der Waals surface area contributed by atoms with Crippen molar-refractivity contribution in [1.82, 2.24) is 9.62 Å². The quantitative estimate of drug-likeness (QED) is 0.760. The van der Waals surface area contributed by atoms with E-state index in [1.54, 1.807) is 18.2 Å². The van der Waals surface area contributed by atoms with Gasteiger partial charge in [0.2, 0.25) is 5.91 Å². The van der Waals surface area contributed by atoms with Crippen LogP contribution in [0.15, 0.2) is 40.6 Å². The first kappa shape index (κ1) is 20.3. The Labute approximate surface area is 167 Å². The zero-order valence-corrected chi connectivity index (χ0v) is 16.9. The second kappa shape index (κ2) is 8.68. The summed E-state index contributed by atoms with van der Waals surface area (Å²) in [5.41, 5.74) is 0.834. The van der Waals surface area contributed by atoms with Crippen molar-refractivity contribution in [3.8, 4) is 0 Å². The molecule has 27 heavy (non-hydrogen) atoms. The van der Waals surface area contributed by atoms with Crippen LogP contribution in [-0.2, 0) is 21.4 Å². The highest BCUT2D eigenvalue weighted by Crippen LogP contribution is 2.31. The number of benzene rings is 1. The second-order valence-electron chi connectivity index (χ2n) is 6.51. The fraction of sp³-hybridized carbons (Fsp3) is 0.389. The molecule has 3 rings (SSSR count). The molecule has 0 radical (unpaired) electrons. The van der Waals surface area contributed by atoms with Gasteiger partial charge in [-0.25, -0.2) is 12.8 Å². The number of nitrogens with zero attached hydrogens (tertiary/aromatic N) is 1. The molecule has 1 aromatic carbocycles. The number of carbonyl (C=O) groups excluding carboxylic acids is 1. The predicted octanol–water partition coefficient (Wildman–Crippen LogP) is 3.65. The number of halogens is 2. The summed E-state index contributed by atoms with van der Waals surface area (Å²) in [6, 6.07) is 9.09. The van der Waals surface area contributed by atoms with Gasteiger partial charge in [0.05, 0.1) is 4.34 Å². The van der Waals surface area contributed by atoms with E-state index in [0.717, 1.165) is 16.9 Å². The maximum absolute atomic E-state index is 12.9. The Kier molecular flexibility index (Phi) is 6.52. The van der Waals surface area contributed by atoms with Crippen molar-refractivity contribution in [2.24, 2.45) is 5.92 Å². The lowest BCUT2D eigenvalue weighted by atomic mass is 9.94. The van der Waals surface area contributed by atoms with Gasteiger partial charge >= 0.3 is 0 Å². The monoisotopic (exact) mass is 430 g/mol. The molecular formula is C18H20ClFN2O3S2. The molecule has 0 unspecified atom stereocenters. The van der Waals surface area contributed by atoms with Crippen molar-refractivity contribution >= 4 is 38.9 Å². The maximum atomic E-state index is 12.9. The lowest BCUT2D eigenvalue weighted by Gasteiger charge is -2.30. The van der Waals surface area contributed by atoms with Crippen LogP contribution in [0.2, 0.25) is 4.34 Å². The van der Waals surface area contributed by atoms with Crippen LogP contribution >= 0.6 is 22.9 Å². The van der Waals surface area contributed by atoms with Crippen molar-refractivity contribution in [1.29, 1.82) is 0 Å². The van der Waals surface area contributed by atoms with Gasteiger partial charge in [0.1, 0.15) is 10.0 Å². The third-order valence-electron chi connectivity index (χ3n) is 4.59. The number of rotatable bonds is 6. The Morgan fingerprint density at radius 1 is 1.19 bits per heavy atom. The maximum Gasteiger partial charge on any atom is 0.252 e. The van der Waals surface area contributed by atoms with E-state index in [0.29, 0.717) is 43.2 Å². The summed E-state index contributed by atoms with van der Waals surface area (Å²) in [5, 5.41) is 2.83. The third-order valence-corrected chi connectivity index (χ3v) is 8.19. The van der Waals surface area contributed by atoms with E-state index in [1.807, 2.05) is 0 Å². The molecule has 9 heteroatoms. The van der Waals surface area contributed by atoms with Gasteiger partial charge in [0.15, 0.2) is 0 Å². The van der Waals surface area contributed by atoms with Crippen molar-refractivity contribution in [2.75, 3.05) is 13.1 Å². The highest BCUT2D eigenvalue weighted by atomic mass is 35.5. The minimum absolute atomic E-state index is 0.0781. The minimum atomic E-state index is -3.51. The van der Waals surface area contributed by atoms with E-state index < -0.39 is 10.0 Å². The van der Waals surface area contributed by atoms with Crippen molar-refractivity contribution < 1.29 is 17.6 Å². The fourth-order valence-corrected chi connectivity index (χ4v) is 6.16. The van der Waals surface area contributed by atoms with Gasteiger partial charge in [-0.05, 0) is 48.6 Å². The summed E-state index contributed by atoms with van der Waals surface area (Å²) in [6.45, 7) is 1.15. The molecule has 0 saturated carbocycles. The van der Waals surface area contributed by atoms with Crippen LogP contribution in [0.3, 0.4) is 0 Å². The SMILES string of the molecule is O=C(CC1CCN(S(=O)(=O)c2ccc(Cl)s2)CC1)NCc1ccc(F)cc1. The number of hydrogen-bond acceptors (Lipinski definition) is 4. The van der Waals surface area contributed by atoms with Gasteiger partial charge in [-0.3, -0.25) is 4.79 Å². The molecule has 0 spiro atoms. The van der Waals surface area contributed by atoms with E-state index >= 15 is 0 Å². The third kappa shape index (κ3) is 5.28. The number of piperidine rings is 1. The van der Waals surface area contributed by atoms with Gasteiger partial charge in [0, 0.05) is 26.1 Å². The van der Waals surface area contributed by atoms with Gasteiger partial charge in [0.25, 0.3) is 10.0 Å². The van der Waals surface area contributed by atoms with Crippen molar-refractivity contribution in [2.45, 2.75) is 30.0 Å². The van der Waals surface area contributed by atoms with Gasteiger partial charge in [-0.2, -0.15) is 4.31 Å². The molecular weight excluding hydrogens is 411 g/mol. The molecule has 1 aromatic heterocycles. The van der Waals surface area contributed by atoms with E-state index in [-0.39, 0.29) is 21.9 Å². The van der Waals surface area contributed by atoms with E-state index in [1.165, 1.54) is 22.5 Å². The molecule has 2 heterocycles. The van der Waals surface area contributed by atoms with Gasteiger partial charge in [-0.1, -0.05) is 23.7 Å². The first-order valence-electron chi connectivity index (χ1n) is 8.61. The van der Waals surface area contributed by atoms with Crippen molar-refractivity contribution in [3.05, 3.63) is 52.1 Å². The molecule has 146 valence electrons. The second-order valence-corrected chi connectivity index (χ2v) is 10.4. The topological polar surface area (TPSA) is 66.5 Å². The standard InChI is InChI=1S/C18H20ClFN2O3S2/c19-16-5-6-18(26-16)27(24,25)22-9-7-13(8-10-22)11-17(23)21-12-14-1-3-15(20)4-2-14/h1-6,13H,7-12H2,(H,21,23). The lowest BCUT2D eigenvalue weighted by Crippen LogP contribution is -2.39. The molecule has 2 aromatic rings. The summed E-state index contributed by atoms with van der Waals surface area (Å²) >= 11 is 6.89. The number of sulfonamides is 1. The Hall–Kier alpha value is -1.48. The first-order valence-corrected chi connectivity index (χ1v) is 11.2. The normalized spacial score (nSPS) is 16.4. The molecule has 0 aliphatic carbocycles. The zero-order chi connectivity index (χ0) is 19.4. The first-order chi connectivity index (χ1) is 12.8. The highest BCUT2D eigenvalue weighted by Gasteiger charge is 2.31. The van der Waals surface area contributed by atoms with Crippen LogP contribution < -0.4 is 5.32 Å². The number of nitrogens with one attached hydrogen (secondary N) is 1. The molecule has 1 aliphatic heterocycles. The Morgan fingerprint density at radius 2 is 1.85 bits per heavy atom. The number of carbonyl (C=O) groups is 1. The molecule has 1 amide bonds. The summed E-state index contributed by atoms with van der Waals surface area (Å²) < 4.78 is 40.2. The Morgan fingerprint density at radius 3 is 2.44 bits per heavy atom. The molecule has 0 atom stereocenters. The van der Waals surface area contributed by atoms with E-state index in [4.69, 9.17) is 11.6 Å². The summed E-state index contributed by atoms with van der Waals surface area (Å²) in [4.78, 5) is 12.1. The molecule has 1 N–H and O–H groups in total. The van der Waals surface area contributed by atoms with Crippen molar-refractivity contribution in [3.63, 3.8) is 0 Å². The summed E-state index contributed by atoms with van der Waals surface area (Å²) in [6.07, 6.45) is 1.64. The number of amides is 1. The van der Waals surface area contributed by atoms with E-state index in [9.17, 15) is 17.6 Å². The molecule has 1 fully saturated rings. The molecule has 1 aliphatic rings. The highest BCUT2D eigenvalue weighted by molar-refractivity contribution is 7.91. The average Bonchev–Trinajstić information content (AvgIpc) is 3.09. The predicted molar refractivity (Wildman–Crippen MR) is 104 cm³/mol. The molecule has 0 bridgehead atoms. The molecule has 1 saturated heterocycles. The van der Waals surface area contributed by atoms with Crippen LogP contribution in [0.25, 0.3) is 0 Å². The van der Waals surface area contributed by atoms with Crippen LogP contribution in [0.4, 0.5) is 4.39 Å². The van der Waals surface area contributed by atoms with Crippen LogP contribution in [0.5, 0.6) is 0 Å². The van der Waals surface area contributed by atoms with Crippen LogP contribution in [0, 0.1) is 11.7 Å². The smallest absolute Gasteiger partial charge is 0.252 e. The van der Waals surface area contributed by atoms with Gasteiger partial charge < -0.3 is 5.32 Å². The van der Waals surface area contributed by atoms with Crippen LogP contribution in [-0.4, -0.2) is 31.7 Å². The zero-order valence-electron chi connectivity index (χ0n) is 14.5. The van der Waals surface area contributed by atoms with Crippen LogP contribution in [0.1, 0.15) is 24.8 Å². The fourth-order valence-electron chi connectivity index (χ4n) is 3.05. The Balaban J connectivity index is 1.46. The molecule has 5 nitrogen and oxygen atoms in total. The number of hydrogen-bond donors (Lipinski definition) is 1. The summed E-state index contributed by atoms with van der Waals surface area (Å²) in [7, 11) is -3.51. The Bertz CT molecular complexity index is 892. The minimum Gasteiger partial charge on any atom is -0.352 e. The number of thiophene rings is 1. The largest absolute Gasteiger partial charge is 0.352 e. The van der Waals surface area contributed by atoms with Gasteiger partial charge in [-0.15, -0.1) is 11.3 Å². The van der Waals surface area contributed by atoms with E-state index in [2.05, 4.69) is 5.32 Å².